The van der Waals surface area contributed by atoms with Gasteiger partial charge >= 0.3 is 143 Å². The van der Waals surface area contributed by atoms with Crippen LogP contribution in [0, 0.1) is 0 Å². The third-order valence-electron chi connectivity index (χ3n) is 4.84. The molecule has 1 heteroatoms. The molecule has 0 N–H and O–H groups in total. The molecule has 0 saturated heterocycles. The van der Waals surface area contributed by atoms with Crippen molar-refractivity contribution in [3.05, 3.63) is 41.1 Å². The van der Waals surface area contributed by atoms with E-state index in [9.17, 15) is 0 Å². The first-order valence-electron chi connectivity index (χ1n) is 8.72. The molecule has 0 radical (unpaired) electrons. The molecule has 0 aromatic carbocycles. The van der Waals surface area contributed by atoms with Gasteiger partial charge < -0.3 is 0 Å². The van der Waals surface area contributed by atoms with E-state index < -0.39 is 22.9 Å². The third kappa shape index (κ3) is 4.41. The van der Waals surface area contributed by atoms with Gasteiger partial charge in [-0.25, -0.2) is 0 Å². The van der Waals surface area contributed by atoms with Crippen molar-refractivity contribution < 1.29 is 22.9 Å². The Bertz CT molecular complexity index is 500. The van der Waals surface area contributed by atoms with Gasteiger partial charge in [0, 0.05) is 0 Å². The fourth-order valence-electron chi connectivity index (χ4n) is 3.18. The van der Waals surface area contributed by atoms with Crippen molar-refractivity contribution in [3.8, 4) is 0 Å². The van der Waals surface area contributed by atoms with Crippen LogP contribution >= 0.6 is 0 Å². The Kier molecular flexibility index (Phi) is 6.92. The first kappa shape index (κ1) is 17.2. The monoisotopic (exact) mass is 450 g/mol. The van der Waals surface area contributed by atoms with Crippen LogP contribution in [0.5, 0.6) is 0 Å². The molecule has 2 aliphatic rings. The van der Waals surface area contributed by atoms with Crippen molar-refractivity contribution in [1.82, 2.24) is 0 Å². The van der Waals surface area contributed by atoms with E-state index in [0.717, 1.165) is 0 Å². The minimum absolute atomic E-state index is 0.806. The van der Waals surface area contributed by atoms with Crippen molar-refractivity contribution >= 4 is 0 Å². The van der Waals surface area contributed by atoms with Gasteiger partial charge in [-0.1, -0.05) is 0 Å². The Morgan fingerprint density at radius 3 is 2.19 bits per heavy atom. The molecule has 2 rings (SSSR count). The van der Waals surface area contributed by atoms with Crippen molar-refractivity contribution in [2.75, 3.05) is 0 Å². The summed E-state index contributed by atoms with van der Waals surface area (Å²) >= 11 is -0.806. The average molecular weight is 449 g/mol. The number of allylic oxidation sites excluding steroid dienone is 8. The number of rotatable bonds is 8. The predicted octanol–water partition coefficient (Wildman–Crippen LogP) is 6.66. The van der Waals surface area contributed by atoms with E-state index in [0.29, 0.717) is 0 Å². The molecule has 0 spiro atoms. The van der Waals surface area contributed by atoms with Gasteiger partial charge in [-0.15, -0.1) is 0 Å². The summed E-state index contributed by atoms with van der Waals surface area (Å²) in [6.07, 6.45) is 15.8. The van der Waals surface area contributed by atoms with Crippen LogP contribution in [0.15, 0.2) is 41.1 Å². The van der Waals surface area contributed by atoms with Gasteiger partial charge in [-0.05, 0) is 0 Å². The molecule has 0 heterocycles. The minimum atomic E-state index is -0.806. The van der Waals surface area contributed by atoms with E-state index in [-0.39, 0.29) is 0 Å². The zero-order chi connectivity index (χ0) is 15.2. The molecule has 0 saturated carbocycles. The molecule has 2 aliphatic carbocycles. The van der Waals surface area contributed by atoms with Crippen LogP contribution in [0.3, 0.4) is 0 Å². The molecule has 0 fully saturated rings. The van der Waals surface area contributed by atoms with Crippen molar-refractivity contribution in [2.45, 2.75) is 79.1 Å². The quantitative estimate of drug-likeness (QED) is 0.364. The zero-order valence-electron chi connectivity index (χ0n) is 14.3. The summed E-state index contributed by atoms with van der Waals surface area (Å²) in [5.74, 6) is 0. The molecule has 21 heavy (non-hydrogen) atoms. The van der Waals surface area contributed by atoms with Gasteiger partial charge in [0.25, 0.3) is 0 Å². The second kappa shape index (κ2) is 8.46. The molecular formula is C20H30Hf. The molecule has 0 aliphatic heterocycles. The van der Waals surface area contributed by atoms with E-state index in [1.54, 1.807) is 20.0 Å². The van der Waals surface area contributed by atoms with Crippen LogP contribution in [0.25, 0.3) is 0 Å². The maximum atomic E-state index is 2.61. The second-order valence-electron chi connectivity index (χ2n) is 6.46. The Morgan fingerprint density at radius 1 is 0.905 bits per heavy atom. The third-order valence-corrected chi connectivity index (χ3v) is 10.7. The summed E-state index contributed by atoms with van der Waals surface area (Å²) in [6.45, 7) is 9.30. The fourth-order valence-corrected chi connectivity index (χ4v) is 8.75. The predicted molar refractivity (Wildman–Crippen MR) is 89.9 cm³/mol. The van der Waals surface area contributed by atoms with Crippen LogP contribution in [-0.4, -0.2) is 0 Å². The molecule has 0 amide bonds. The summed E-state index contributed by atoms with van der Waals surface area (Å²) < 4.78 is 3.62. The molecule has 0 aromatic rings. The van der Waals surface area contributed by atoms with E-state index in [4.69, 9.17) is 0 Å². The van der Waals surface area contributed by atoms with Gasteiger partial charge in [0.15, 0.2) is 0 Å². The van der Waals surface area contributed by atoms with Crippen LogP contribution in [0.2, 0.25) is 0 Å². The first-order chi connectivity index (χ1) is 10.2. The standard InChI is InChI=1S/C13H21.C7H9.Hf/c1-3-5-8-12-10-7-11-13(12)9-6-4-2;1-6-4-3-5-7(6)2;/h7H,3-6,8-10H2,1-2H3;3H,4H2,1-2H3;. The molecule has 0 nitrogen and oxygen atoms in total. The Balaban J connectivity index is 2.09. The molecule has 0 bridgehead atoms. The zero-order valence-corrected chi connectivity index (χ0v) is 17.9. The fraction of sp³-hybridized carbons (Fsp3) is 0.600. The van der Waals surface area contributed by atoms with E-state index in [1.165, 1.54) is 51.4 Å². The average Bonchev–Trinajstić information content (AvgIpc) is 3.01. The molecular weight excluding hydrogens is 419 g/mol. The Morgan fingerprint density at radius 2 is 1.57 bits per heavy atom. The van der Waals surface area contributed by atoms with Crippen molar-refractivity contribution in [2.24, 2.45) is 0 Å². The summed E-state index contributed by atoms with van der Waals surface area (Å²) in [6, 6.07) is 0. The van der Waals surface area contributed by atoms with E-state index >= 15 is 0 Å². The summed E-state index contributed by atoms with van der Waals surface area (Å²) in [4.78, 5) is 0. The van der Waals surface area contributed by atoms with Gasteiger partial charge in [0.05, 0.1) is 0 Å². The number of hydrogen-bond donors (Lipinski definition) is 0. The van der Waals surface area contributed by atoms with E-state index in [1.807, 2.05) is 8.90 Å². The van der Waals surface area contributed by atoms with Gasteiger partial charge in [0.1, 0.15) is 0 Å². The molecule has 0 unspecified atom stereocenters. The second-order valence-corrected chi connectivity index (χ2v) is 11.2. The van der Waals surface area contributed by atoms with Crippen LogP contribution in [0.4, 0.5) is 0 Å². The SMILES string of the molecule is CCCCC1=C(CCCC)[C]([Hf][C]2=CCC(C)=C2C)=CC1. The summed E-state index contributed by atoms with van der Waals surface area (Å²) in [7, 11) is 0. The Labute approximate surface area is 142 Å². The van der Waals surface area contributed by atoms with Gasteiger partial charge in [-0.3, -0.25) is 0 Å². The number of unbranched alkanes of at least 4 members (excludes halogenated alkanes) is 2. The topological polar surface area (TPSA) is 0 Å². The first-order valence-corrected chi connectivity index (χ1v) is 12.3. The summed E-state index contributed by atoms with van der Waals surface area (Å²) in [5, 5.41) is 0. The van der Waals surface area contributed by atoms with Crippen molar-refractivity contribution in [1.29, 1.82) is 0 Å². The Hall–Kier alpha value is -0.170. The number of hydrogen-bond acceptors (Lipinski definition) is 0. The van der Waals surface area contributed by atoms with Crippen LogP contribution in [-0.2, 0) is 22.9 Å². The molecule has 0 atom stereocenters. The normalized spacial score (nSPS) is 18.5. The van der Waals surface area contributed by atoms with Gasteiger partial charge in [0.2, 0.25) is 0 Å². The molecule has 0 aromatic heterocycles. The summed E-state index contributed by atoms with van der Waals surface area (Å²) in [5.41, 5.74) is 6.86. The van der Waals surface area contributed by atoms with E-state index in [2.05, 4.69) is 39.8 Å². The van der Waals surface area contributed by atoms with Crippen molar-refractivity contribution in [3.63, 3.8) is 0 Å². The molecule has 114 valence electrons. The van der Waals surface area contributed by atoms with Crippen LogP contribution < -0.4 is 0 Å². The maximum absolute atomic E-state index is 2.61. The van der Waals surface area contributed by atoms with Crippen LogP contribution in [0.1, 0.15) is 79.1 Å². The van der Waals surface area contributed by atoms with Gasteiger partial charge in [-0.2, -0.15) is 0 Å².